The smallest absolute Gasteiger partial charge is 0.244 e. The number of carbonyl (C=O) groups is 1. The van der Waals surface area contributed by atoms with Crippen LogP contribution in [0.5, 0.6) is 0 Å². The third kappa shape index (κ3) is 5.30. The molecule has 0 saturated carbocycles. The number of rotatable bonds is 5. The second kappa shape index (κ2) is 8.81. The molecule has 0 unspecified atom stereocenters. The highest BCUT2D eigenvalue weighted by Crippen LogP contribution is 2.16. The lowest BCUT2D eigenvalue weighted by Crippen LogP contribution is -2.43. The molecule has 1 N–H and O–H groups in total. The molecule has 0 spiro atoms. The lowest BCUT2D eigenvalue weighted by Gasteiger charge is -2.32. The highest BCUT2D eigenvalue weighted by atomic mass is 16.1. The quantitative estimate of drug-likeness (QED) is 0.825. The largest absolute Gasteiger partial charge is 0.350 e. The highest BCUT2D eigenvalue weighted by molar-refractivity contribution is 5.91. The Morgan fingerprint density at radius 3 is 2.46 bits per heavy atom. The van der Waals surface area contributed by atoms with E-state index < -0.39 is 0 Å². The minimum Gasteiger partial charge on any atom is -0.350 e. The van der Waals surface area contributed by atoms with Crippen molar-refractivity contribution < 1.29 is 4.79 Å². The number of piperidine rings is 1. The molecule has 1 saturated heterocycles. The molecule has 3 rings (SSSR count). The van der Waals surface area contributed by atoms with Gasteiger partial charge in [-0.2, -0.15) is 0 Å². The fourth-order valence-electron chi connectivity index (χ4n) is 3.36. The Hall–Kier alpha value is -2.39. The lowest BCUT2D eigenvalue weighted by atomic mass is 10.0. The summed E-state index contributed by atoms with van der Waals surface area (Å²) >= 11 is 0. The van der Waals surface area contributed by atoms with Crippen molar-refractivity contribution in [2.24, 2.45) is 0 Å². The molecule has 0 bridgehead atoms. The first-order valence-electron chi connectivity index (χ1n) is 9.42. The van der Waals surface area contributed by atoms with Gasteiger partial charge in [-0.1, -0.05) is 54.1 Å². The Kier molecular flexibility index (Phi) is 6.24. The van der Waals surface area contributed by atoms with Gasteiger partial charge in [0.05, 0.1) is 0 Å². The Morgan fingerprint density at radius 1 is 1.08 bits per heavy atom. The van der Waals surface area contributed by atoms with E-state index in [1.165, 1.54) is 16.7 Å². The molecule has 1 aliphatic heterocycles. The number of benzene rings is 2. The third-order valence-electron chi connectivity index (χ3n) is 5.09. The minimum atomic E-state index is 0.00271. The van der Waals surface area contributed by atoms with Crippen molar-refractivity contribution in [1.82, 2.24) is 10.2 Å². The molecule has 1 aliphatic rings. The van der Waals surface area contributed by atoms with E-state index in [0.717, 1.165) is 38.0 Å². The molecule has 0 aromatic heterocycles. The van der Waals surface area contributed by atoms with E-state index >= 15 is 0 Å². The minimum absolute atomic E-state index is 0.00271. The lowest BCUT2D eigenvalue weighted by molar-refractivity contribution is -0.117. The van der Waals surface area contributed by atoms with Crippen LogP contribution >= 0.6 is 0 Å². The van der Waals surface area contributed by atoms with Crippen molar-refractivity contribution in [3.05, 3.63) is 76.9 Å². The number of likely N-dealkylation sites (tertiary alicyclic amines) is 1. The van der Waals surface area contributed by atoms with Crippen LogP contribution in [0, 0.1) is 13.8 Å². The second-order valence-corrected chi connectivity index (χ2v) is 7.23. The van der Waals surface area contributed by atoms with E-state index in [1.807, 2.05) is 18.2 Å². The van der Waals surface area contributed by atoms with Crippen LogP contribution in [0.15, 0.2) is 54.6 Å². The number of nitrogens with one attached hydrogen (secondary N) is 1. The molecule has 0 aliphatic carbocycles. The molecule has 136 valence electrons. The summed E-state index contributed by atoms with van der Waals surface area (Å²) in [6.45, 7) is 7.29. The number of hydrogen-bond acceptors (Lipinski definition) is 2. The number of nitrogens with zero attached hydrogens (tertiary/aromatic N) is 1. The molecule has 0 atom stereocenters. The summed E-state index contributed by atoms with van der Waals surface area (Å²) in [6.07, 6.45) is 5.54. The van der Waals surface area contributed by atoms with Crippen molar-refractivity contribution in [2.75, 3.05) is 13.1 Å². The molecule has 3 nitrogen and oxygen atoms in total. The van der Waals surface area contributed by atoms with Gasteiger partial charge in [0.1, 0.15) is 0 Å². The monoisotopic (exact) mass is 348 g/mol. The summed E-state index contributed by atoms with van der Waals surface area (Å²) in [5, 5.41) is 3.14. The van der Waals surface area contributed by atoms with Crippen molar-refractivity contribution in [2.45, 2.75) is 39.3 Å². The van der Waals surface area contributed by atoms with E-state index in [2.05, 4.69) is 60.5 Å². The maximum absolute atomic E-state index is 12.2. The van der Waals surface area contributed by atoms with E-state index in [1.54, 1.807) is 6.08 Å². The predicted molar refractivity (Wildman–Crippen MR) is 108 cm³/mol. The summed E-state index contributed by atoms with van der Waals surface area (Å²) in [5.41, 5.74) is 5.03. The van der Waals surface area contributed by atoms with Crippen molar-refractivity contribution in [3.8, 4) is 0 Å². The SMILES string of the molecule is Cc1ccc(/C=C/C(=O)NC2CCN(Cc3ccccc3C)CC2)cc1. The summed E-state index contributed by atoms with van der Waals surface area (Å²) in [6, 6.07) is 17.0. The van der Waals surface area contributed by atoms with Gasteiger partial charge in [-0.15, -0.1) is 0 Å². The van der Waals surface area contributed by atoms with E-state index in [0.29, 0.717) is 0 Å². The van der Waals surface area contributed by atoms with Gasteiger partial charge in [-0.3, -0.25) is 9.69 Å². The van der Waals surface area contributed by atoms with Gasteiger partial charge >= 0.3 is 0 Å². The molecule has 0 radical (unpaired) electrons. The maximum atomic E-state index is 12.2. The van der Waals surface area contributed by atoms with Gasteiger partial charge < -0.3 is 5.32 Å². The van der Waals surface area contributed by atoms with Crippen LogP contribution in [0.2, 0.25) is 0 Å². The van der Waals surface area contributed by atoms with Crippen LogP contribution in [-0.2, 0) is 11.3 Å². The standard InChI is InChI=1S/C23H28N2O/c1-18-7-9-20(10-8-18)11-12-23(26)24-22-13-15-25(16-14-22)17-21-6-4-3-5-19(21)2/h3-12,22H,13-17H2,1-2H3,(H,24,26)/b12-11+. The topological polar surface area (TPSA) is 32.3 Å². The Morgan fingerprint density at radius 2 is 1.77 bits per heavy atom. The van der Waals surface area contributed by atoms with Crippen molar-refractivity contribution in [3.63, 3.8) is 0 Å². The number of amides is 1. The molecule has 26 heavy (non-hydrogen) atoms. The molecule has 1 heterocycles. The first-order chi connectivity index (χ1) is 12.6. The summed E-state index contributed by atoms with van der Waals surface area (Å²) < 4.78 is 0. The molecule has 1 fully saturated rings. The van der Waals surface area contributed by atoms with Gasteiger partial charge in [0.2, 0.25) is 5.91 Å². The predicted octanol–water partition coefficient (Wildman–Crippen LogP) is 4.10. The Balaban J connectivity index is 1.44. The van der Waals surface area contributed by atoms with Crippen molar-refractivity contribution in [1.29, 1.82) is 0 Å². The van der Waals surface area contributed by atoms with Crippen LogP contribution in [0.25, 0.3) is 6.08 Å². The molecule has 2 aromatic rings. The van der Waals surface area contributed by atoms with Crippen LogP contribution < -0.4 is 5.32 Å². The van der Waals surface area contributed by atoms with Crippen LogP contribution in [-0.4, -0.2) is 29.9 Å². The zero-order valence-corrected chi connectivity index (χ0v) is 15.7. The normalized spacial score (nSPS) is 16.1. The number of aryl methyl sites for hydroxylation is 2. The second-order valence-electron chi connectivity index (χ2n) is 7.23. The van der Waals surface area contributed by atoms with E-state index in [4.69, 9.17) is 0 Å². The van der Waals surface area contributed by atoms with Gasteiger partial charge in [0, 0.05) is 31.8 Å². The molecular formula is C23H28N2O. The number of hydrogen-bond donors (Lipinski definition) is 1. The van der Waals surface area contributed by atoms with Gasteiger partial charge in [0.15, 0.2) is 0 Å². The highest BCUT2D eigenvalue weighted by Gasteiger charge is 2.20. The fraction of sp³-hybridized carbons (Fsp3) is 0.348. The molecular weight excluding hydrogens is 320 g/mol. The van der Waals surface area contributed by atoms with Gasteiger partial charge in [-0.25, -0.2) is 0 Å². The fourth-order valence-corrected chi connectivity index (χ4v) is 3.36. The van der Waals surface area contributed by atoms with Crippen LogP contribution in [0.4, 0.5) is 0 Å². The summed E-state index contributed by atoms with van der Waals surface area (Å²) in [5.74, 6) is 0.00271. The van der Waals surface area contributed by atoms with Crippen molar-refractivity contribution >= 4 is 12.0 Å². The van der Waals surface area contributed by atoms with Gasteiger partial charge in [0.25, 0.3) is 0 Å². The molecule has 1 amide bonds. The first-order valence-corrected chi connectivity index (χ1v) is 9.42. The molecule has 3 heteroatoms. The van der Waals surface area contributed by atoms with E-state index in [-0.39, 0.29) is 11.9 Å². The summed E-state index contributed by atoms with van der Waals surface area (Å²) in [7, 11) is 0. The van der Waals surface area contributed by atoms with Crippen LogP contribution in [0.3, 0.4) is 0 Å². The average molecular weight is 348 g/mol. The average Bonchev–Trinajstić information content (AvgIpc) is 2.65. The number of carbonyl (C=O) groups excluding carboxylic acids is 1. The summed E-state index contributed by atoms with van der Waals surface area (Å²) in [4.78, 5) is 14.6. The first kappa shape index (κ1) is 18.4. The zero-order chi connectivity index (χ0) is 18.4. The zero-order valence-electron chi connectivity index (χ0n) is 15.7. The third-order valence-corrected chi connectivity index (χ3v) is 5.09. The maximum Gasteiger partial charge on any atom is 0.244 e. The van der Waals surface area contributed by atoms with Gasteiger partial charge in [-0.05, 0) is 49.5 Å². The van der Waals surface area contributed by atoms with E-state index in [9.17, 15) is 4.79 Å². The Bertz CT molecular complexity index is 756. The molecule has 2 aromatic carbocycles. The Labute approximate surface area is 156 Å². The van der Waals surface area contributed by atoms with Crippen LogP contribution in [0.1, 0.15) is 35.1 Å².